The van der Waals surface area contributed by atoms with E-state index < -0.39 is 0 Å². The van der Waals surface area contributed by atoms with E-state index >= 15 is 0 Å². The van der Waals surface area contributed by atoms with E-state index in [0.29, 0.717) is 6.54 Å². The lowest BCUT2D eigenvalue weighted by atomic mass is 9.88. The molecule has 1 heterocycles. The summed E-state index contributed by atoms with van der Waals surface area (Å²) >= 11 is 6.40. The summed E-state index contributed by atoms with van der Waals surface area (Å²) in [4.78, 5) is 20.0. The second-order valence-corrected chi connectivity index (χ2v) is 9.14. The van der Waals surface area contributed by atoms with Crippen LogP contribution >= 0.6 is 11.6 Å². The van der Waals surface area contributed by atoms with Crippen molar-refractivity contribution in [1.82, 2.24) is 9.55 Å². The topological polar surface area (TPSA) is 64.2 Å². The van der Waals surface area contributed by atoms with Crippen molar-refractivity contribution < 1.29 is 4.79 Å². The van der Waals surface area contributed by atoms with Crippen LogP contribution in [0.15, 0.2) is 54.9 Å². The lowest BCUT2D eigenvalue weighted by Gasteiger charge is -2.27. The molecule has 2 aliphatic carbocycles. The van der Waals surface area contributed by atoms with Gasteiger partial charge in [-0.1, -0.05) is 35.9 Å². The molecule has 1 aromatic heterocycles. The number of nitrogens with two attached hydrogens (primary N) is 1. The summed E-state index contributed by atoms with van der Waals surface area (Å²) < 4.78 is 1.96. The Morgan fingerprint density at radius 3 is 2.87 bits per heavy atom. The molecule has 31 heavy (non-hydrogen) atoms. The Labute approximate surface area is 187 Å². The van der Waals surface area contributed by atoms with Gasteiger partial charge in [0.1, 0.15) is 5.82 Å². The zero-order valence-corrected chi connectivity index (χ0v) is 18.4. The Morgan fingerprint density at radius 1 is 1.26 bits per heavy atom. The Bertz CT molecular complexity index is 1120. The largest absolute Gasteiger partial charge is 0.337 e. The SMILES string of the molecule is Cn1ccnc1CN(C(=O)C1CC1c1ccccc1Cl)c1ccc2c(c1)C(N)CCC2. The molecule has 0 aliphatic heterocycles. The number of aryl methyl sites for hydroxylation is 2. The summed E-state index contributed by atoms with van der Waals surface area (Å²) in [5.74, 6) is 1.08. The van der Waals surface area contributed by atoms with Crippen molar-refractivity contribution >= 4 is 23.2 Å². The number of carbonyl (C=O) groups excluding carboxylic acids is 1. The third-order valence-corrected chi connectivity index (χ3v) is 7.04. The van der Waals surface area contributed by atoms with Crippen LogP contribution in [-0.2, 0) is 24.8 Å². The fourth-order valence-electron chi connectivity index (χ4n) is 4.77. The van der Waals surface area contributed by atoms with Gasteiger partial charge in [-0.3, -0.25) is 4.79 Å². The third-order valence-electron chi connectivity index (χ3n) is 6.70. The molecular weight excluding hydrogens is 408 g/mol. The third kappa shape index (κ3) is 3.88. The van der Waals surface area contributed by atoms with Crippen LogP contribution < -0.4 is 10.6 Å². The Hall–Kier alpha value is -2.63. The second-order valence-electron chi connectivity index (χ2n) is 8.73. The molecule has 5 nitrogen and oxygen atoms in total. The molecule has 5 rings (SSSR count). The Kier molecular flexibility index (Phi) is 5.32. The first-order valence-corrected chi connectivity index (χ1v) is 11.3. The number of aromatic nitrogens is 2. The summed E-state index contributed by atoms with van der Waals surface area (Å²) in [5.41, 5.74) is 10.8. The van der Waals surface area contributed by atoms with Gasteiger partial charge in [-0.2, -0.15) is 0 Å². The molecule has 1 saturated carbocycles. The number of benzene rings is 2. The second kappa shape index (κ2) is 8.13. The first kappa shape index (κ1) is 20.3. The summed E-state index contributed by atoms with van der Waals surface area (Å²) in [6, 6.07) is 14.2. The van der Waals surface area contributed by atoms with Gasteiger partial charge in [-0.05, 0) is 66.5 Å². The highest BCUT2D eigenvalue weighted by Gasteiger charge is 2.47. The molecule has 0 spiro atoms. The van der Waals surface area contributed by atoms with Gasteiger partial charge in [-0.15, -0.1) is 0 Å². The fourth-order valence-corrected chi connectivity index (χ4v) is 5.04. The number of nitrogens with zero attached hydrogens (tertiary/aromatic N) is 3. The van der Waals surface area contributed by atoms with Crippen LogP contribution in [0.1, 0.15) is 53.7 Å². The zero-order chi connectivity index (χ0) is 21.5. The van der Waals surface area contributed by atoms with Crippen LogP contribution in [0, 0.1) is 5.92 Å². The van der Waals surface area contributed by atoms with Crippen LogP contribution in [0.3, 0.4) is 0 Å². The van der Waals surface area contributed by atoms with E-state index in [1.54, 1.807) is 6.20 Å². The molecular formula is C25H27ClN4O. The summed E-state index contributed by atoms with van der Waals surface area (Å²) in [6.45, 7) is 0.433. The van der Waals surface area contributed by atoms with E-state index in [0.717, 1.165) is 47.8 Å². The first-order valence-electron chi connectivity index (χ1n) is 10.9. The van der Waals surface area contributed by atoms with Gasteiger partial charge in [0.15, 0.2) is 0 Å². The minimum Gasteiger partial charge on any atom is -0.337 e. The van der Waals surface area contributed by atoms with Gasteiger partial charge < -0.3 is 15.2 Å². The number of rotatable bonds is 5. The number of halogens is 1. The van der Waals surface area contributed by atoms with Gasteiger partial charge in [0.25, 0.3) is 0 Å². The fraction of sp³-hybridized carbons (Fsp3) is 0.360. The molecule has 160 valence electrons. The standard InChI is InChI=1S/C25H27ClN4O/c1-29-12-11-28-24(29)15-30(17-10-9-16-5-4-8-23(27)19(16)13-17)25(31)21-14-20(21)18-6-2-3-7-22(18)26/h2-3,6-7,9-13,20-21,23H,4-5,8,14-15,27H2,1H3. The van der Waals surface area contributed by atoms with Crippen molar-refractivity contribution in [1.29, 1.82) is 0 Å². The highest BCUT2D eigenvalue weighted by molar-refractivity contribution is 6.31. The summed E-state index contributed by atoms with van der Waals surface area (Å²) in [5, 5.41) is 0.734. The quantitative estimate of drug-likeness (QED) is 0.630. The number of hydrogen-bond donors (Lipinski definition) is 1. The average Bonchev–Trinajstić information content (AvgIpc) is 3.47. The molecule has 6 heteroatoms. The van der Waals surface area contributed by atoms with Gasteiger partial charge in [-0.25, -0.2) is 4.98 Å². The number of carbonyl (C=O) groups is 1. The van der Waals surface area contributed by atoms with Crippen molar-refractivity contribution in [2.75, 3.05) is 4.90 Å². The average molecular weight is 435 g/mol. The van der Waals surface area contributed by atoms with Gasteiger partial charge in [0.2, 0.25) is 5.91 Å². The summed E-state index contributed by atoms with van der Waals surface area (Å²) in [6.07, 6.45) is 7.65. The maximum absolute atomic E-state index is 13.7. The molecule has 1 fully saturated rings. The van der Waals surface area contributed by atoms with E-state index in [-0.39, 0.29) is 23.8 Å². The van der Waals surface area contributed by atoms with Gasteiger partial charge in [0, 0.05) is 42.1 Å². The van der Waals surface area contributed by atoms with Crippen LogP contribution in [-0.4, -0.2) is 15.5 Å². The lowest BCUT2D eigenvalue weighted by Crippen LogP contribution is -2.33. The number of amides is 1. The van der Waals surface area contributed by atoms with Gasteiger partial charge in [0.05, 0.1) is 6.54 Å². The minimum absolute atomic E-state index is 0.0330. The van der Waals surface area contributed by atoms with Crippen molar-refractivity contribution in [3.63, 3.8) is 0 Å². The van der Waals surface area contributed by atoms with E-state index in [9.17, 15) is 4.79 Å². The lowest BCUT2D eigenvalue weighted by molar-refractivity contribution is -0.120. The van der Waals surface area contributed by atoms with Crippen molar-refractivity contribution in [3.8, 4) is 0 Å². The predicted octanol–water partition coefficient (Wildman–Crippen LogP) is 4.75. The monoisotopic (exact) mass is 434 g/mol. The molecule has 3 atom stereocenters. The van der Waals surface area contributed by atoms with Crippen LogP contribution in [0.5, 0.6) is 0 Å². The molecule has 2 aliphatic rings. The number of hydrogen-bond acceptors (Lipinski definition) is 3. The van der Waals surface area contributed by atoms with Crippen LogP contribution in [0.25, 0.3) is 0 Å². The van der Waals surface area contributed by atoms with Crippen molar-refractivity contribution in [2.24, 2.45) is 18.7 Å². The normalized spacial score (nSPS) is 22.1. The highest BCUT2D eigenvalue weighted by atomic mass is 35.5. The van der Waals surface area contributed by atoms with Crippen molar-refractivity contribution in [3.05, 3.63) is 82.4 Å². The van der Waals surface area contributed by atoms with Crippen LogP contribution in [0.2, 0.25) is 5.02 Å². The van der Waals surface area contributed by atoms with Crippen LogP contribution in [0.4, 0.5) is 5.69 Å². The predicted molar refractivity (Wildman–Crippen MR) is 123 cm³/mol. The first-order chi connectivity index (χ1) is 15.0. The summed E-state index contributed by atoms with van der Waals surface area (Å²) in [7, 11) is 1.96. The number of imidazole rings is 1. The van der Waals surface area contributed by atoms with Crippen molar-refractivity contribution in [2.45, 2.75) is 44.2 Å². The van der Waals surface area contributed by atoms with E-state index in [1.165, 1.54) is 11.1 Å². The molecule has 0 bridgehead atoms. The highest BCUT2D eigenvalue weighted by Crippen LogP contribution is 2.51. The Balaban J connectivity index is 1.47. The molecule has 2 aromatic carbocycles. The number of fused-ring (bicyclic) bond motifs is 1. The Morgan fingerprint density at radius 2 is 2.10 bits per heavy atom. The molecule has 3 unspecified atom stereocenters. The minimum atomic E-state index is -0.0649. The molecule has 2 N–H and O–H groups in total. The zero-order valence-electron chi connectivity index (χ0n) is 17.7. The molecule has 1 amide bonds. The maximum Gasteiger partial charge on any atom is 0.231 e. The molecule has 3 aromatic rings. The van der Waals surface area contributed by atoms with E-state index in [2.05, 4.69) is 23.2 Å². The molecule has 0 radical (unpaired) electrons. The van der Waals surface area contributed by atoms with E-state index in [1.807, 2.05) is 47.0 Å². The van der Waals surface area contributed by atoms with Gasteiger partial charge >= 0.3 is 0 Å². The smallest absolute Gasteiger partial charge is 0.231 e. The molecule has 0 saturated heterocycles. The number of anilines is 1. The van der Waals surface area contributed by atoms with E-state index in [4.69, 9.17) is 17.3 Å². The maximum atomic E-state index is 13.7.